The Labute approximate surface area is 222 Å². The maximum Gasteiger partial charge on any atom is 0.183 e. The number of rotatable bonds is 7. The van der Waals surface area contributed by atoms with Crippen LogP contribution in [0.15, 0.2) is 77.6 Å². The second-order valence-electron chi connectivity index (χ2n) is 10.4. The Hall–Kier alpha value is -3.32. The molecule has 190 valence electrons. The van der Waals surface area contributed by atoms with Crippen molar-refractivity contribution in [3.8, 4) is 0 Å². The lowest BCUT2D eigenvalue weighted by Crippen LogP contribution is -2.51. The van der Waals surface area contributed by atoms with Gasteiger partial charge in [-0.1, -0.05) is 45.2 Å². The summed E-state index contributed by atoms with van der Waals surface area (Å²) in [6.45, 7) is 4.80. The van der Waals surface area contributed by atoms with E-state index in [0.29, 0.717) is 17.8 Å². The second-order valence-corrected chi connectivity index (χ2v) is 12.0. The van der Waals surface area contributed by atoms with Crippen LogP contribution in [-0.2, 0) is 16.0 Å². The Morgan fingerprint density at radius 1 is 1.08 bits per heavy atom. The SMILES string of the molecule is CC(C)SC1=C(N2COC=C2Cc2ccc(Nc3nccc4ccncc34)cc2)C2(CCCCC2)C1=O. The highest BCUT2D eigenvalue weighted by Gasteiger charge is 2.56. The zero-order valence-electron chi connectivity index (χ0n) is 21.4. The normalized spacial score (nSPS) is 18.8. The molecule has 7 heteroatoms. The van der Waals surface area contributed by atoms with Gasteiger partial charge in [0.1, 0.15) is 12.1 Å². The van der Waals surface area contributed by atoms with Gasteiger partial charge in [-0.2, -0.15) is 0 Å². The number of nitrogens with zero attached hydrogens (tertiary/aromatic N) is 3. The van der Waals surface area contributed by atoms with E-state index in [1.807, 2.05) is 30.8 Å². The largest absolute Gasteiger partial charge is 0.479 e. The standard InChI is InChI=1S/C30H32N4O2S/c1-20(2)37-26-27(30(28(26)35)12-4-3-5-13-30)34-19-36-18-24(34)16-21-6-8-23(9-7-21)33-29-25-17-31-14-10-22(25)11-15-32-29/h6-11,14-15,17-18,20H,3-5,12-13,16,19H2,1-2H3,(H,32,33). The molecule has 3 heterocycles. The molecule has 3 aliphatic rings. The lowest BCUT2D eigenvalue weighted by Gasteiger charge is -2.50. The molecule has 0 bridgehead atoms. The lowest BCUT2D eigenvalue weighted by atomic mass is 9.62. The van der Waals surface area contributed by atoms with Gasteiger partial charge in [-0.3, -0.25) is 9.78 Å². The molecule has 0 atom stereocenters. The van der Waals surface area contributed by atoms with E-state index >= 15 is 0 Å². The minimum atomic E-state index is -0.309. The predicted molar refractivity (Wildman–Crippen MR) is 149 cm³/mol. The maximum absolute atomic E-state index is 13.4. The van der Waals surface area contributed by atoms with Crippen LogP contribution >= 0.6 is 11.8 Å². The number of pyridine rings is 2. The molecule has 2 aliphatic carbocycles. The Balaban J connectivity index is 1.21. The van der Waals surface area contributed by atoms with E-state index in [2.05, 4.69) is 58.3 Å². The molecule has 1 aliphatic heterocycles. The van der Waals surface area contributed by atoms with Gasteiger partial charge in [0.25, 0.3) is 0 Å². The predicted octanol–water partition coefficient (Wildman–Crippen LogP) is 6.93. The smallest absolute Gasteiger partial charge is 0.183 e. The number of allylic oxidation sites excluding steroid dienone is 3. The molecule has 1 spiro atoms. The highest BCUT2D eigenvalue weighted by Crippen LogP contribution is 2.58. The number of carbonyl (C=O) groups excluding carboxylic acids is 1. The number of fused-ring (bicyclic) bond motifs is 1. The van der Waals surface area contributed by atoms with Crippen molar-refractivity contribution in [2.75, 3.05) is 12.0 Å². The highest BCUT2D eigenvalue weighted by atomic mass is 32.2. The number of hydrogen-bond donors (Lipinski definition) is 1. The molecule has 0 saturated heterocycles. The molecule has 0 radical (unpaired) electrons. The summed E-state index contributed by atoms with van der Waals surface area (Å²) in [7, 11) is 0. The fourth-order valence-corrected chi connectivity index (χ4v) is 6.98. The molecule has 1 fully saturated rings. The van der Waals surface area contributed by atoms with Gasteiger partial charge in [-0.25, -0.2) is 4.98 Å². The lowest BCUT2D eigenvalue weighted by molar-refractivity contribution is -0.128. The summed E-state index contributed by atoms with van der Waals surface area (Å²) in [5.41, 5.74) is 4.20. The summed E-state index contributed by atoms with van der Waals surface area (Å²) in [6, 6.07) is 12.4. The van der Waals surface area contributed by atoms with Crippen molar-refractivity contribution in [1.82, 2.24) is 14.9 Å². The fourth-order valence-electron chi connectivity index (χ4n) is 5.79. The van der Waals surface area contributed by atoms with Crippen LogP contribution in [0.25, 0.3) is 10.8 Å². The van der Waals surface area contributed by atoms with Gasteiger partial charge >= 0.3 is 0 Å². The number of Topliss-reactive ketones (excluding diaryl/α,β-unsaturated/α-hetero) is 1. The third-order valence-corrected chi connectivity index (χ3v) is 8.66. The number of thioether (sulfide) groups is 1. The van der Waals surface area contributed by atoms with Crippen molar-refractivity contribution in [2.45, 2.75) is 57.6 Å². The van der Waals surface area contributed by atoms with E-state index in [9.17, 15) is 4.79 Å². The van der Waals surface area contributed by atoms with E-state index in [0.717, 1.165) is 65.0 Å². The van der Waals surface area contributed by atoms with Crippen LogP contribution in [-0.4, -0.2) is 32.6 Å². The average molecular weight is 513 g/mol. The van der Waals surface area contributed by atoms with Gasteiger partial charge < -0.3 is 15.0 Å². The van der Waals surface area contributed by atoms with Crippen molar-refractivity contribution in [2.24, 2.45) is 5.41 Å². The highest BCUT2D eigenvalue weighted by molar-refractivity contribution is 8.04. The fraction of sp³-hybridized carbons (Fsp3) is 0.367. The van der Waals surface area contributed by atoms with Crippen molar-refractivity contribution >= 4 is 39.8 Å². The molecule has 1 N–H and O–H groups in total. The van der Waals surface area contributed by atoms with Crippen molar-refractivity contribution in [3.63, 3.8) is 0 Å². The molecule has 6 rings (SSSR count). The number of ketones is 1. The zero-order chi connectivity index (χ0) is 25.4. The van der Waals surface area contributed by atoms with Crippen molar-refractivity contribution in [3.05, 3.63) is 83.1 Å². The van der Waals surface area contributed by atoms with Crippen LogP contribution in [0.5, 0.6) is 0 Å². The number of benzene rings is 1. The number of anilines is 2. The molecule has 0 amide bonds. The van der Waals surface area contributed by atoms with Crippen LogP contribution in [0, 0.1) is 5.41 Å². The van der Waals surface area contributed by atoms with Gasteiger partial charge in [0.2, 0.25) is 0 Å². The van der Waals surface area contributed by atoms with Crippen LogP contribution in [0.3, 0.4) is 0 Å². The molecule has 6 nitrogen and oxygen atoms in total. The van der Waals surface area contributed by atoms with Crippen LogP contribution in [0.2, 0.25) is 0 Å². The topological polar surface area (TPSA) is 67.3 Å². The van der Waals surface area contributed by atoms with Gasteiger partial charge in [0.05, 0.1) is 21.7 Å². The Bertz CT molecular complexity index is 1380. The summed E-state index contributed by atoms with van der Waals surface area (Å²) in [4.78, 5) is 25.4. The number of hydrogen-bond acceptors (Lipinski definition) is 7. The minimum absolute atomic E-state index is 0.309. The maximum atomic E-state index is 13.4. The number of ether oxygens (including phenoxy) is 1. The van der Waals surface area contributed by atoms with Crippen LogP contribution in [0.1, 0.15) is 51.5 Å². The molecule has 37 heavy (non-hydrogen) atoms. The first kappa shape index (κ1) is 24.0. The van der Waals surface area contributed by atoms with Gasteiger partial charge in [0.15, 0.2) is 12.5 Å². The number of nitrogens with one attached hydrogen (secondary N) is 1. The van der Waals surface area contributed by atoms with Crippen LogP contribution < -0.4 is 5.32 Å². The molecule has 1 saturated carbocycles. The van der Waals surface area contributed by atoms with Crippen molar-refractivity contribution in [1.29, 1.82) is 0 Å². The first-order valence-electron chi connectivity index (χ1n) is 13.1. The first-order chi connectivity index (χ1) is 18.0. The summed E-state index contributed by atoms with van der Waals surface area (Å²) >= 11 is 1.71. The monoisotopic (exact) mass is 512 g/mol. The molecule has 3 aromatic rings. The van der Waals surface area contributed by atoms with Gasteiger partial charge in [-0.15, -0.1) is 11.8 Å². The molecule has 1 aromatic carbocycles. The first-order valence-corrected chi connectivity index (χ1v) is 14.0. The number of aromatic nitrogens is 2. The third kappa shape index (κ3) is 4.39. The van der Waals surface area contributed by atoms with E-state index in [4.69, 9.17) is 4.74 Å². The van der Waals surface area contributed by atoms with E-state index in [-0.39, 0.29) is 5.41 Å². The summed E-state index contributed by atoms with van der Waals surface area (Å²) < 4.78 is 5.85. The second kappa shape index (κ2) is 9.86. The van der Waals surface area contributed by atoms with E-state index in [1.165, 1.54) is 17.7 Å². The zero-order valence-corrected chi connectivity index (χ0v) is 22.2. The Morgan fingerprint density at radius 2 is 1.86 bits per heavy atom. The minimum Gasteiger partial charge on any atom is -0.479 e. The third-order valence-electron chi connectivity index (χ3n) is 7.58. The molecular weight excluding hydrogens is 480 g/mol. The van der Waals surface area contributed by atoms with Gasteiger partial charge in [-0.05, 0) is 48.1 Å². The quantitative estimate of drug-likeness (QED) is 0.368. The summed E-state index contributed by atoms with van der Waals surface area (Å²) in [5, 5.41) is 5.90. The van der Waals surface area contributed by atoms with Crippen LogP contribution in [0.4, 0.5) is 11.5 Å². The van der Waals surface area contributed by atoms with E-state index in [1.54, 1.807) is 18.0 Å². The van der Waals surface area contributed by atoms with Gasteiger partial charge in [0, 0.05) is 41.3 Å². The summed E-state index contributed by atoms with van der Waals surface area (Å²) in [5.74, 6) is 1.16. The molecule has 2 aromatic heterocycles. The summed E-state index contributed by atoms with van der Waals surface area (Å²) in [6.07, 6.45) is 13.5. The van der Waals surface area contributed by atoms with Crippen molar-refractivity contribution < 1.29 is 9.53 Å². The van der Waals surface area contributed by atoms with E-state index < -0.39 is 0 Å². The molecule has 0 unspecified atom stereocenters. The Morgan fingerprint density at radius 3 is 2.65 bits per heavy atom. The molecular formula is C30H32N4O2S. The number of carbonyl (C=O) groups is 1. The Kier molecular flexibility index (Phi) is 6.41. The average Bonchev–Trinajstić information content (AvgIpc) is 3.36.